The van der Waals surface area contributed by atoms with E-state index in [1.165, 1.54) is 0 Å². The van der Waals surface area contributed by atoms with Crippen molar-refractivity contribution in [3.63, 3.8) is 0 Å². The van der Waals surface area contributed by atoms with Crippen LogP contribution in [0.2, 0.25) is 0 Å². The van der Waals surface area contributed by atoms with Gasteiger partial charge in [0, 0.05) is 12.2 Å². The molecular weight excluding hydrogens is 444 g/mol. The Morgan fingerprint density at radius 1 is 1.09 bits per heavy atom. The molecule has 1 aromatic rings. The van der Waals surface area contributed by atoms with E-state index in [1.807, 2.05) is 19.9 Å². The first-order chi connectivity index (χ1) is 15.8. The number of hydrogen-bond donors (Lipinski definition) is 6. The van der Waals surface area contributed by atoms with Gasteiger partial charge < -0.3 is 26.4 Å². The Kier molecular flexibility index (Phi) is 10.7. The number of hydrogen-bond acceptors (Lipinski definition) is 6. The minimum atomic E-state index is -1.18. The minimum Gasteiger partial charge on any atom is -0.480 e. The van der Waals surface area contributed by atoms with Crippen LogP contribution in [-0.4, -0.2) is 65.3 Å². The van der Waals surface area contributed by atoms with Crippen LogP contribution in [0.4, 0.5) is 0 Å². The summed E-state index contributed by atoms with van der Waals surface area (Å²) in [6.45, 7) is 4.52. The summed E-state index contributed by atoms with van der Waals surface area (Å²) in [4.78, 5) is 50.0. The average molecular weight is 479 g/mol. The zero-order valence-corrected chi connectivity index (χ0v) is 19.9. The summed E-state index contributed by atoms with van der Waals surface area (Å²) < 4.78 is 0. The third kappa shape index (κ3) is 8.04. The minimum absolute atomic E-state index is 0.0272. The number of carboxylic acids is 1. The molecule has 0 spiro atoms. The van der Waals surface area contributed by atoms with Crippen LogP contribution in [0.1, 0.15) is 38.7 Å². The van der Waals surface area contributed by atoms with Gasteiger partial charge in [-0.15, -0.1) is 0 Å². The van der Waals surface area contributed by atoms with E-state index in [-0.39, 0.29) is 30.0 Å². The van der Waals surface area contributed by atoms with Crippen LogP contribution < -0.4 is 21.3 Å². The summed E-state index contributed by atoms with van der Waals surface area (Å²) in [6.07, 6.45) is 2.36. The van der Waals surface area contributed by atoms with Crippen molar-refractivity contribution >= 4 is 36.3 Å². The van der Waals surface area contributed by atoms with Crippen molar-refractivity contribution in [3.05, 3.63) is 35.9 Å². The molecule has 0 aromatic heterocycles. The molecule has 5 atom stereocenters. The number of rotatable bonds is 12. The number of carboxylic acid groups (broad SMARTS) is 1. The molecule has 3 amide bonds. The first-order valence-electron chi connectivity index (χ1n) is 11.3. The quantitative estimate of drug-likeness (QED) is 0.242. The first-order valence-corrected chi connectivity index (χ1v) is 11.9. The van der Waals surface area contributed by atoms with E-state index in [9.17, 15) is 24.3 Å². The van der Waals surface area contributed by atoms with Gasteiger partial charge in [0.15, 0.2) is 0 Å². The van der Waals surface area contributed by atoms with E-state index in [4.69, 9.17) is 0 Å². The highest BCUT2D eigenvalue weighted by Gasteiger charge is 2.33. The smallest absolute Gasteiger partial charge is 0.326 e. The fraction of sp³-hybridized carbons (Fsp3) is 0.565. The van der Waals surface area contributed by atoms with Crippen LogP contribution in [-0.2, 0) is 25.6 Å². The van der Waals surface area contributed by atoms with Crippen molar-refractivity contribution in [1.29, 1.82) is 0 Å². The number of nitrogens with one attached hydrogen (secondary N) is 4. The van der Waals surface area contributed by atoms with Crippen molar-refractivity contribution in [2.45, 2.75) is 63.7 Å². The van der Waals surface area contributed by atoms with Gasteiger partial charge in [0.05, 0.1) is 6.04 Å². The first kappa shape index (κ1) is 26.7. The molecule has 182 valence electrons. The van der Waals surface area contributed by atoms with Crippen LogP contribution in [0.3, 0.4) is 0 Å². The number of thiol groups is 1. The molecule has 9 nitrogen and oxygen atoms in total. The van der Waals surface area contributed by atoms with Crippen LogP contribution in [0.25, 0.3) is 0 Å². The van der Waals surface area contributed by atoms with Crippen LogP contribution in [0.5, 0.6) is 0 Å². The molecule has 1 saturated heterocycles. The van der Waals surface area contributed by atoms with E-state index in [2.05, 4.69) is 33.9 Å². The molecular formula is C23H34N4O5S. The Hall–Kier alpha value is -2.59. The number of carbonyl (C=O) groups is 4. The summed E-state index contributed by atoms with van der Waals surface area (Å²) in [5.41, 5.74) is 0.761. The summed E-state index contributed by atoms with van der Waals surface area (Å²) >= 11 is 4.17. The fourth-order valence-electron chi connectivity index (χ4n) is 3.64. The maximum Gasteiger partial charge on any atom is 0.326 e. The van der Waals surface area contributed by atoms with Crippen LogP contribution >= 0.6 is 12.6 Å². The monoisotopic (exact) mass is 478 g/mol. The van der Waals surface area contributed by atoms with Crippen molar-refractivity contribution in [1.82, 2.24) is 21.3 Å². The van der Waals surface area contributed by atoms with Gasteiger partial charge in [-0.3, -0.25) is 14.4 Å². The van der Waals surface area contributed by atoms with Crippen molar-refractivity contribution in [3.8, 4) is 0 Å². The normalized spacial score (nSPS) is 19.1. The van der Waals surface area contributed by atoms with Crippen molar-refractivity contribution in [2.24, 2.45) is 5.92 Å². The lowest BCUT2D eigenvalue weighted by Crippen LogP contribution is -2.59. The SMILES string of the molecule is CCC(C)C(NC(=O)C1CCCN1)C(=O)NC(CS)C(=O)NC(Cc1ccccc1)C(=O)O. The predicted molar refractivity (Wildman–Crippen MR) is 128 cm³/mol. The molecule has 0 radical (unpaired) electrons. The van der Waals surface area contributed by atoms with Gasteiger partial charge in [-0.2, -0.15) is 12.6 Å². The number of carbonyl (C=O) groups excluding carboxylic acids is 3. The van der Waals surface area contributed by atoms with E-state index in [0.29, 0.717) is 12.8 Å². The van der Waals surface area contributed by atoms with Gasteiger partial charge in [-0.05, 0) is 30.9 Å². The van der Waals surface area contributed by atoms with Gasteiger partial charge in [-0.1, -0.05) is 50.6 Å². The average Bonchev–Trinajstić information content (AvgIpc) is 3.35. The van der Waals surface area contributed by atoms with E-state index in [1.54, 1.807) is 24.3 Å². The third-order valence-corrected chi connectivity index (χ3v) is 6.25. The van der Waals surface area contributed by atoms with Gasteiger partial charge in [0.25, 0.3) is 0 Å². The fourth-order valence-corrected chi connectivity index (χ4v) is 3.90. The van der Waals surface area contributed by atoms with E-state index >= 15 is 0 Å². The molecule has 10 heteroatoms. The molecule has 0 saturated carbocycles. The van der Waals surface area contributed by atoms with Crippen molar-refractivity contribution in [2.75, 3.05) is 12.3 Å². The van der Waals surface area contributed by atoms with Gasteiger partial charge in [0.2, 0.25) is 17.7 Å². The molecule has 1 heterocycles. The van der Waals surface area contributed by atoms with E-state index < -0.39 is 35.9 Å². The second-order valence-corrected chi connectivity index (χ2v) is 8.72. The molecule has 0 bridgehead atoms. The Bertz CT molecular complexity index is 816. The third-order valence-electron chi connectivity index (χ3n) is 5.88. The lowest BCUT2D eigenvalue weighted by molar-refractivity contribution is -0.142. The number of benzene rings is 1. The topological polar surface area (TPSA) is 137 Å². The second-order valence-electron chi connectivity index (χ2n) is 8.35. The van der Waals surface area contributed by atoms with Gasteiger partial charge >= 0.3 is 5.97 Å². The van der Waals surface area contributed by atoms with Crippen LogP contribution in [0.15, 0.2) is 30.3 Å². The summed E-state index contributed by atoms with van der Waals surface area (Å²) in [5.74, 6) is -2.75. The highest BCUT2D eigenvalue weighted by molar-refractivity contribution is 7.80. The molecule has 1 aliphatic rings. The highest BCUT2D eigenvalue weighted by atomic mass is 32.1. The standard InChI is InChI=1S/C23H34N4O5S/c1-3-14(2)19(27-20(28)16-10-7-11-24-16)22(30)26-18(13-33)21(29)25-17(23(31)32)12-15-8-5-4-6-9-15/h4-6,8-9,14,16-19,24,33H,3,7,10-13H2,1-2H3,(H,25,29)(H,26,30)(H,27,28)(H,31,32). The lowest BCUT2D eigenvalue weighted by atomic mass is 9.97. The maximum atomic E-state index is 13.0. The Morgan fingerprint density at radius 3 is 2.30 bits per heavy atom. The highest BCUT2D eigenvalue weighted by Crippen LogP contribution is 2.12. The second kappa shape index (κ2) is 13.2. The summed E-state index contributed by atoms with van der Waals surface area (Å²) in [7, 11) is 0. The number of amides is 3. The molecule has 2 rings (SSSR count). The largest absolute Gasteiger partial charge is 0.480 e. The maximum absolute atomic E-state index is 13.0. The predicted octanol–water partition coefficient (Wildman–Crippen LogP) is 0.496. The zero-order chi connectivity index (χ0) is 24.4. The zero-order valence-electron chi connectivity index (χ0n) is 19.0. The van der Waals surface area contributed by atoms with Crippen LogP contribution in [0, 0.1) is 5.92 Å². The molecule has 33 heavy (non-hydrogen) atoms. The Labute approximate surface area is 199 Å². The van der Waals surface area contributed by atoms with E-state index in [0.717, 1.165) is 18.5 Å². The molecule has 1 fully saturated rings. The Balaban J connectivity index is 2.03. The van der Waals surface area contributed by atoms with Gasteiger partial charge in [-0.25, -0.2) is 4.79 Å². The molecule has 5 unspecified atom stereocenters. The molecule has 5 N–H and O–H groups in total. The molecule has 1 aliphatic heterocycles. The molecule has 0 aliphatic carbocycles. The Morgan fingerprint density at radius 2 is 1.76 bits per heavy atom. The summed E-state index contributed by atoms with van der Waals surface area (Å²) in [6, 6.07) is 5.59. The lowest BCUT2D eigenvalue weighted by Gasteiger charge is -2.27. The van der Waals surface area contributed by atoms with Gasteiger partial charge in [0.1, 0.15) is 18.1 Å². The van der Waals surface area contributed by atoms with Crippen molar-refractivity contribution < 1.29 is 24.3 Å². The summed E-state index contributed by atoms with van der Waals surface area (Å²) in [5, 5.41) is 20.6. The molecule has 1 aromatic carbocycles. The number of aliphatic carboxylic acids is 1.